The molecule has 1 N–H and O–H groups in total. The lowest BCUT2D eigenvalue weighted by atomic mass is 9.63. The van der Waals surface area contributed by atoms with Gasteiger partial charge in [-0.15, -0.1) is 0 Å². The topological polar surface area (TPSA) is 12.0 Å². The molecule has 1 aliphatic carbocycles. The Morgan fingerprint density at radius 1 is 1.07 bits per heavy atom. The number of fused-ring (bicyclic) bond motifs is 2. The zero-order chi connectivity index (χ0) is 19.7. The predicted octanol–water partition coefficient (Wildman–Crippen LogP) is 6.93. The first-order valence-corrected chi connectivity index (χ1v) is 10.3. The summed E-state index contributed by atoms with van der Waals surface area (Å²) in [6, 6.07) is 11.8. The minimum Gasteiger partial charge on any atom is -0.381 e. The van der Waals surface area contributed by atoms with Gasteiger partial charge in [-0.2, -0.15) is 0 Å². The number of hydrogen-bond donors (Lipinski definition) is 1. The van der Waals surface area contributed by atoms with Gasteiger partial charge in [-0.05, 0) is 52.3 Å². The SMILES string of the molecule is CC1=C2NC(C)C(C)c3cc4ccccc4c(c32)C(C)(C)/C1=C/C(C)(C)C. The van der Waals surface area contributed by atoms with Crippen molar-refractivity contribution in [2.45, 2.75) is 72.8 Å². The first kappa shape index (κ1) is 18.3. The maximum atomic E-state index is 3.87. The first-order chi connectivity index (χ1) is 12.5. The van der Waals surface area contributed by atoms with Crippen LogP contribution in [0.15, 0.2) is 47.6 Å². The summed E-state index contributed by atoms with van der Waals surface area (Å²) in [6.45, 7) is 18.7. The van der Waals surface area contributed by atoms with Crippen LogP contribution in [0, 0.1) is 5.41 Å². The fourth-order valence-electron chi connectivity index (χ4n) is 5.10. The van der Waals surface area contributed by atoms with Crippen LogP contribution in [0.4, 0.5) is 0 Å². The molecular weight excluding hydrogens is 326 g/mol. The van der Waals surface area contributed by atoms with E-state index in [0.717, 1.165) is 0 Å². The van der Waals surface area contributed by atoms with E-state index in [2.05, 4.69) is 97.1 Å². The van der Waals surface area contributed by atoms with Gasteiger partial charge in [0.15, 0.2) is 0 Å². The number of nitrogens with one attached hydrogen (secondary N) is 1. The molecule has 0 radical (unpaired) electrons. The summed E-state index contributed by atoms with van der Waals surface area (Å²) >= 11 is 0. The van der Waals surface area contributed by atoms with Crippen molar-refractivity contribution in [3.8, 4) is 0 Å². The van der Waals surface area contributed by atoms with Crippen LogP contribution in [0.5, 0.6) is 0 Å². The maximum Gasteiger partial charge on any atom is 0.0455 e. The third kappa shape index (κ3) is 2.66. The smallest absolute Gasteiger partial charge is 0.0455 e. The van der Waals surface area contributed by atoms with Gasteiger partial charge in [0.2, 0.25) is 0 Å². The molecule has 0 aromatic heterocycles. The summed E-state index contributed by atoms with van der Waals surface area (Å²) in [5.41, 5.74) is 8.83. The second-order valence-electron chi connectivity index (χ2n) is 10.2. The van der Waals surface area contributed by atoms with E-state index in [1.807, 2.05) is 0 Å². The van der Waals surface area contributed by atoms with E-state index in [-0.39, 0.29) is 10.8 Å². The minimum absolute atomic E-state index is 0.0201. The molecule has 0 saturated heterocycles. The van der Waals surface area contributed by atoms with Gasteiger partial charge in [0.25, 0.3) is 0 Å². The lowest BCUT2D eigenvalue weighted by Gasteiger charge is -2.45. The Balaban J connectivity index is 2.19. The van der Waals surface area contributed by atoms with E-state index in [1.165, 1.54) is 44.3 Å². The van der Waals surface area contributed by atoms with Crippen LogP contribution >= 0.6 is 0 Å². The van der Waals surface area contributed by atoms with Gasteiger partial charge >= 0.3 is 0 Å². The summed E-state index contributed by atoms with van der Waals surface area (Å²) in [4.78, 5) is 0. The van der Waals surface area contributed by atoms with Crippen LogP contribution in [0.3, 0.4) is 0 Å². The molecule has 0 bridgehead atoms. The zero-order valence-corrected chi connectivity index (χ0v) is 18.1. The molecule has 2 aliphatic rings. The highest BCUT2D eigenvalue weighted by Gasteiger charge is 2.42. The lowest BCUT2D eigenvalue weighted by molar-refractivity contribution is 0.505. The molecule has 0 fully saturated rings. The van der Waals surface area contributed by atoms with Gasteiger partial charge < -0.3 is 5.32 Å². The van der Waals surface area contributed by atoms with Crippen molar-refractivity contribution in [2.75, 3.05) is 0 Å². The van der Waals surface area contributed by atoms with Crippen molar-refractivity contribution in [2.24, 2.45) is 5.41 Å². The van der Waals surface area contributed by atoms with E-state index < -0.39 is 0 Å². The second kappa shape index (κ2) is 5.74. The minimum atomic E-state index is -0.0201. The highest BCUT2D eigenvalue weighted by atomic mass is 15.0. The second-order valence-corrected chi connectivity index (χ2v) is 10.2. The van der Waals surface area contributed by atoms with Crippen molar-refractivity contribution in [3.05, 3.63) is 64.2 Å². The number of allylic oxidation sites excluding steroid dienone is 3. The van der Waals surface area contributed by atoms with Gasteiger partial charge in [0, 0.05) is 28.6 Å². The van der Waals surface area contributed by atoms with Crippen LogP contribution in [-0.4, -0.2) is 6.04 Å². The summed E-state index contributed by atoms with van der Waals surface area (Å²) in [5.74, 6) is 0.504. The molecule has 0 spiro atoms. The zero-order valence-electron chi connectivity index (χ0n) is 18.1. The largest absolute Gasteiger partial charge is 0.381 e. The highest BCUT2D eigenvalue weighted by Crippen LogP contribution is 2.53. The van der Waals surface area contributed by atoms with E-state index in [1.54, 1.807) is 0 Å². The third-order valence-corrected chi connectivity index (χ3v) is 6.60. The Morgan fingerprint density at radius 2 is 1.74 bits per heavy atom. The number of benzene rings is 2. The maximum absolute atomic E-state index is 3.87. The van der Waals surface area contributed by atoms with E-state index in [9.17, 15) is 0 Å². The summed E-state index contributed by atoms with van der Waals surface area (Å²) in [7, 11) is 0. The number of hydrogen-bond acceptors (Lipinski definition) is 1. The molecule has 2 aromatic carbocycles. The van der Waals surface area contributed by atoms with Crippen molar-refractivity contribution in [3.63, 3.8) is 0 Å². The van der Waals surface area contributed by atoms with Crippen molar-refractivity contribution in [1.82, 2.24) is 5.32 Å². The molecule has 1 heterocycles. The fraction of sp³-hybridized carbons (Fsp3) is 0.462. The quantitative estimate of drug-likeness (QED) is 0.538. The summed E-state index contributed by atoms with van der Waals surface area (Å²) in [6.07, 6.45) is 2.49. The molecule has 4 rings (SSSR count). The molecule has 142 valence electrons. The molecule has 0 saturated carbocycles. The van der Waals surface area contributed by atoms with Crippen molar-refractivity contribution >= 4 is 16.5 Å². The average Bonchev–Trinajstić information content (AvgIpc) is 2.58. The van der Waals surface area contributed by atoms with Gasteiger partial charge in [0.05, 0.1) is 0 Å². The van der Waals surface area contributed by atoms with Gasteiger partial charge in [-0.1, -0.05) is 78.0 Å². The molecule has 2 atom stereocenters. The molecule has 1 aliphatic heterocycles. The van der Waals surface area contributed by atoms with Crippen LogP contribution in [0.25, 0.3) is 16.5 Å². The molecule has 0 amide bonds. The lowest BCUT2D eigenvalue weighted by Crippen LogP contribution is -2.41. The molecule has 2 aromatic rings. The average molecular weight is 360 g/mol. The van der Waals surface area contributed by atoms with Crippen LogP contribution in [0.1, 0.15) is 78.0 Å². The molecule has 1 heteroatoms. The predicted molar refractivity (Wildman–Crippen MR) is 118 cm³/mol. The summed E-state index contributed by atoms with van der Waals surface area (Å²) in [5, 5.41) is 6.64. The van der Waals surface area contributed by atoms with E-state index in [4.69, 9.17) is 0 Å². The third-order valence-electron chi connectivity index (χ3n) is 6.60. The number of rotatable bonds is 0. The van der Waals surface area contributed by atoms with Crippen LogP contribution in [-0.2, 0) is 5.41 Å². The Kier molecular flexibility index (Phi) is 3.90. The highest BCUT2D eigenvalue weighted by molar-refractivity contribution is 5.97. The molecular formula is C26H33N. The Labute approximate surface area is 164 Å². The molecule has 2 unspecified atom stereocenters. The normalized spacial score (nSPS) is 25.6. The fourth-order valence-corrected chi connectivity index (χ4v) is 5.10. The Hall–Kier alpha value is -2.02. The molecule has 27 heavy (non-hydrogen) atoms. The summed E-state index contributed by atoms with van der Waals surface area (Å²) < 4.78 is 0. The van der Waals surface area contributed by atoms with Crippen LogP contribution < -0.4 is 5.32 Å². The van der Waals surface area contributed by atoms with Crippen molar-refractivity contribution in [1.29, 1.82) is 0 Å². The van der Waals surface area contributed by atoms with Gasteiger partial charge in [0.1, 0.15) is 0 Å². The van der Waals surface area contributed by atoms with Crippen molar-refractivity contribution < 1.29 is 0 Å². The van der Waals surface area contributed by atoms with E-state index >= 15 is 0 Å². The van der Waals surface area contributed by atoms with Gasteiger partial charge in [-0.25, -0.2) is 0 Å². The Morgan fingerprint density at radius 3 is 2.41 bits per heavy atom. The molecule has 1 nitrogen and oxygen atoms in total. The van der Waals surface area contributed by atoms with Gasteiger partial charge in [-0.3, -0.25) is 0 Å². The first-order valence-electron chi connectivity index (χ1n) is 10.3. The standard InChI is InChI=1S/C26H33N/c1-15-17(3)27-24-16(2)21(14-25(4,5)6)26(7,8)23-19-12-10-9-11-18(19)13-20(15)22(23)24/h9-15,17,27H,1-8H3/b21-14+. The Bertz CT molecular complexity index is 995. The monoisotopic (exact) mass is 359 g/mol. The van der Waals surface area contributed by atoms with E-state index in [0.29, 0.717) is 12.0 Å². The van der Waals surface area contributed by atoms with Crippen LogP contribution in [0.2, 0.25) is 0 Å².